The fourth-order valence-electron chi connectivity index (χ4n) is 3.36. The summed E-state index contributed by atoms with van der Waals surface area (Å²) in [5, 5.41) is 2.93. The Morgan fingerprint density at radius 2 is 1.71 bits per heavy atom. The van der Waals surface area contributed by atoms with Crippen LogP contribution in [0.3, 0.4) is 0 Å². The van der Waals surface area contributed by atoms with E-state index < -0.39 is 11.6 Å². The van der Waals surface area contributed by atoms with Gasteiger partial charge in [-0.15, -0.1) is 0 Å². The number of unbranched alkanes of at least 4 members (excludes halogenated alkanes) is 1. The maximum Gasteiger partial charge on any atom is 0.251 e. The van der Waals surface area contributed by atoms with Crippen molar-refractivity contribution in [2.75, 3.05) is 46.3 Å². The number of carbonyl (C=O) groups excluding carboxylic acids is 1. The van der Waals surface area contributed by atoms with E-state index in [4.69, 9.17) is 0 Å². The average molecular weight is 387 g/mol. The quantitative estimate of drug-likeness (QED) is 0.740. The maximum absolute atomic E-state index is 13.9. The number of piperazine rings is 1. The lowest BCUT2D eigenvalue weighted by molar-refractivity contribution is 0.0952. The molecule has 3 rings (SSSR count). The predicted octanol–water partition coefficient (Wildman–Crippen LogP) is 3.39. The van der Waals surface area contributed by atoms with Crippen LogP contribution in [0.1, 0.15) is 23.2 Å². The summed E-state index contributed by atoms with van der Waals surface area (Å²) in [6.07, 6.45) is 2.00. The van der Waals surface area contributed by atoms with Crippen LogP contribution in [-0.4, -0.2) is 62.0 Å². The van der Waals surface area contributed by atoms with Gasteiger partial charge in [-0.2, -0.15) is 0 Å². The Hall–Kier alpha value is -2.31. The number of carbonyl (C=O) groups is 1. The van der Waals surface area contributed by atoms with Gasteiger partial charge >= 0.3 is 0 Å². The van der Waals surface area contributed by atoms with Crippen LogP contribution < -0.4 is 5.32 Å². The van der Waals surface area contributed by atoms with Gasteiger partial charge in [-0.3, -0.25) is 4.79 Å². The Morgan fingerprint density at radius 1 is 1.00 bits per heavy atom. The summed E-state index contributed by atoms with van der Waals surface area (Å²) in [7, 11) is 2.15. The molecule has 1 N–H and O–H groups in total. The van der Waals surface area contributed by atoms with Crippen LogP contribution in [0, 0.1) is 11.6 Å². The lowest BCUT2D eigenvalue weighted by Gasteiger charge is -2.32. The number of rotatable bonds is 7. The third kappa shape index (κ3) is 5.59. The van der Waals surface area contributed by atoms with Gasteiger partial charge in [0.15, 0.2) is 0 Å². The van der Waals surface area contributed by atoms with E-state index in [0.717, 1.165) is 51.6 Å². The van der Waals surface area contributed by atoms with Crippen LogP contribution in [0.15, 0.2) is 42.5 Å². The van der Waals surface area contributed by atoms with Gasteiger partial charge in [0.2, 0.25) is 0 Å². The van der Waals surface area contributed by atoms with Gasteiger partial charge in [0, 0.05) is 49.9 Å². The molecule has 1 fully saturated rings. The summed E-state index contributed by atoms with van der Waals surface area (Å²) < 4.78 is 26.9. The Bertz CT molecular complexity index is 787. The Kier molecular flexibility index (Phi) is 7.12. The van der Waals surface area contributed by atoms with Crippen molar-refractivity contribution in [1.82, 2.24) is 15.1 Å². The van der Waals surface area contributed by atoms with Crippen molar-refractivity contribution in [3.05, 3.63) is 59.7 Å². The number of nitrogens with zero attached hydrogens (tertiary/aromatic N) is 2. The van der Waals surface area contributed by atoms with Crippen molar-refractivity contribution >= 4 is 5.91 Å². The van der Waals surface area contributed by atoms with Gasteiger partial charge in [0.1, 0.15) is 11.6 Å². The smallest absolute Gasteiger partial charge is 0.251 e. The summed E-state index contributed by atoms with van der Waals surface area (Å²) in [6, 6.07) is 10.2. The van der Waals surface area contributed by atoms with Gasteiger partial charge in [0.05, 0.1) is 0 Å². The molecule has 0 spiro atoms. The van der Waals surface area contributed by atoms with E-state index in [2.05, 4.69) is 22.2 Å². The minimum Gasteiger partial charge on any atom is -0.352 e. The van der Waals surface area contributed by atoms with E-state index >= 15 is 0 Å². The number of hydrogen-bond acceptors (Lipinski definition) is 3. The highest BCUT2D eigenvalue weighted by Crippen LogP contribution is 2.23. The highest BCUT2D eigenvalue weighted by Gasteiger charge is 2.13. The van der Waals surface area contributed by atoms with E-state index in [-0.39, 0.29) is 5.91 Å². The molecule has 150 valence electrons. The molecule has 1 aliphatic heterocycles. The van der Waals surface area contributed by atoms with Crippen LogP contribution in [0.2, 0.25) is 0 Å². The molecule has 1 heterocycles. The number of benzene rings is 2. The van der Waals surface area contributed by atoms with Gasteiger partial charge in [0.25, 0.3) is 5.91 Å². The first-order valence-electron chi connectivity index (χ1n) is 9.77. The monoisotopic (exact) mass is 387 g/mol. The Morgan fingerprint density at radius 3 is 2.39 bits per heavy atom. The molecule has 4 nitrogen and oxygen atoms in total. The van der Waals surface area contributed by atoms with Crippen LogP contribution in [-0.2, 0) is 0 Å². The molecule has 1 aliphatic rings. The van der Waals surface area contributed by atoms with Crippen LogP contribution in [0.25, 0.3) is 11.1 Å². The molecule has 28 heavy (non-hydrogen) atoms. The lowest BCUT2D eigenvalue weighted by atomic mass is 10.0. The molecule has 0 atom stereocenters. The number of amides is 1. The highest BCUT2D eigenvalue weighted by atomic mass is 19.1. The molecule has 0 radical (unpaired) electrons. The molecule has 0 unspecified atom stereocenters. The molecular formula is C22H27F2N3O. The van der Waals surface area contributed by atoms with Crippen LogP contribution in [0.4, 0.5) is 8.78 Å². The summed E-state index contributed by atoms with van der Waals surface area (Å²) in [5.41, 5.74) is 1.46. The highest BCUT2D eigenvalue weighted by molar-refractivity contribution is 5.94. The fraction of sp³-hybridized carbons (Fsp3) is 0.409. The summed E-state index contributed by atoms with van der Waals surface area (Å²) in [6.45, 7) is 6.18. The molecule has 0 aromatic heterocycles. The lowest BCUT2D eigenvalue weighted by Crippen LogP contribution is -2.44. The maximum atomic E-state index is 13.9. The number of hydrogen-bond donors (Lipinski definition) is 1. The minimum absolute atomic E-state index is 0.134. The Labute approximate surface area is 165 Å². The number of halogens is 2. The van der Waals surface area contributed by atoms with Crippen molar-refractivity contribution < 1.29 is 13.6 Å². The van der Waals surface area contributed by atoms with Crippen LogP contribution >= 0.6 is 0 Å². The third-order valence-corrected chi connectivity index (χ3v) is 5.17. The first-order chi connectivity index (χ1) is 13.5. The second kappa shape index (κ2) is 9.75. The van der Waals surface area contributed by atoms with Gasteiger partial charge in [-0.05, 0) is 56.3 Å². The minimum atomic E-state index is -0.613. The van der Waals surface area contributed by atoms with E-state index in [1.165, 1.54) is 12.1 Å². The SMILES string of the molecule is CN1CCN(CCCCNC(=O)c2ccc(-c3ccc(F)cc3F)cc2)CC1. The standard InChI is InChI=1S/C22H27F2N3O/c1-26-12-14-27(15-13-26)11-3-2-10-25-22(28)18-6-4-17(5-7-18)20-9-8-19(23)16-21(20)24/h4-9,16H,2-3,10-15H2,1H3,(H,25,28). The van der Waals surface area contributed by atoms with Crippen molar-refractivity contribution in [3.63, 3.8) is 0 Å². The molecule has 1 saturated heterocycles. The molecule has 2 aromatic rings. The predicted molar refractivity (Wildman–Crippen MR) is 107 cm³/mol. The molecule has 1 amide bonds. The van der Waals surface area contributed by atoms with Crippen molar-refractivity contribution in [3.8, 4) is 11.1 Å². The normalized spacial score (nSPS) is 15.5. The van der Waals surface area contributed by atoms with Crippen molar-refractivity contribution in [2.45, 2.75) is 12.8 Å². The largest absolute Gasteiger partial charge is 0.352 e. The zero-order valence-electron chi connectivity index (χ0n) is 16.3. The molecule has 0 saturated carbocycles. The molecule has 2 aromatic carbocycles. The summed E-state index contributed by atoms with van der Waals surface area (Å²) in [5.74, 6) is -1.35. The Balaban J connectivity index is 1.42. The molecule has 6 heteroatoms. The van der Waals surface area contributed by atoms with Gasteiger partial charge in [-0.25, -0.2) is 8.78 Å². The summed E-state index contributed by atoms with van der Waals surface area (Å²) >= 11 is 0. The number of likely N-dealkylation sites (N-methyl/N-ethyl adjacent to an activating group) is 1. The van der Waals surface area contributed by atoms with E-state index in [1.54, 1.807) is 24.3 Å². The molecule has 0 bridgehead atoms. The second-order valence-electron chi connectivity index (χ2n) is 7.31. The summed E-state index contributed by atoms with van der Waals surface area (Å²) in [4.78, 5) is 17.1. The van der Waals surface area contributed by atoms with E-state index in [0.29, 0.717) is 23.2 Å². The van der Waals surface area contributed by atoms with Crippen molar-refractivity contribution in [1.29, 1.82) is 0 Å². The molecular weight excluding hydrogens is 360 g/mol. The van der Waals surface area contributed by atoms with Gasteiger partial charge in [-0.1, -0.05) is 12.1 Å². The van der Waals surface area contributed by atoms with Gasteiger partial charge < -0.3 is 15.1 Å². The second-order valence-corrected chi connectivity index (χ2v) is 7.31. The first-order valence-corrected chi connectivity index (χ1v) is 9.77. The zero-order chi connectivity index (χ0) is 19.9. The molecule has 0 aliphatic carbocycles. The number of nitrogens with one attached hydrogen (secondary N) is 1. The van der Waals surface area contributed by atoms with Crippen molar-refractivity contribution in [2.24, 2.45) is 0 Å². The first kappa shape index (κ1) is 20.4. The third-order valence-electron chi connectivity index (χ3n) is 5.17. The topological polar surface area (TPSA) is 35.6 Å². The van der Waals surface area contributed by atoms with E-state index in [9.17, 15) is 13.6 Å². The fourth-order valence-corrected chi connectivity index (χ4v) is 3.36. The average Bonchev–Trinajstić information content (AvgIpc) is 2.69. The van der Waals surface area contributed by atoms with Crippen LogP contribution in [0.5, 0.6) is 0 Å². The zero-order valence-corrected chi connectivity index (χ0v) is 16.3. The van der Waals surface area contributed by atoms with E-state index in [1.807, 2.05) is 0 Å².